The zero-order valence-corrected chi connectivity index (χ0v) is 14.1. The number of carbonyl (C=O) groups is 3. The summed E-state index contributed by atoms with van der Waals surface area (Å²) in [7, 11) is 0. The molecule has 1 aliphatic rings. The average Bonchev–Trinajstić information content (AvgIpc) is 2.44. The maximum absolute atomic E-state index is 12.3. The van der Waals surface area contributed by atoms with Crippen LogP contribution in [0.3, 0.4) is 0 Å². The van der Waals surface area contributed by atoms with E-state index in [4.69, 9.17) is 5.11 Å². The van der Waals surface area contributed by atoms with Crippen LogP contribution in [0.1, 0.15) is 66.4 Å². The molecule has 0 aliphatic heterocycles. The first-order valence-corrected chi connectivity index (χ1v) is 7.97. The van der Waals surface area contributed by atoms with Gasteiger partial charge < -0.3 is 15.4 Å². The molecule has 1 aromatic rings. The predicted molar refractivity (Wildman–Crippen MR) is 87.3 cm³/mol. The first-order chi connectivity index (χ1) is 11.1. The van der Waals surface area contributed by atoms with Crippen molar-refractivity contribution in [2.75, 3.05) is 0 Å². The highest BCUT2D eigenvalue weighted by molar-refractivity contribution is 6.02. The lowest BCUT2D eigenvalue weighted by atomic mass is 9.75. The molecule has 1 unspecified atom stereocenters. The highest BCUT2D eigenvalue weighted by Crippen LogP contribution is 2.33. The minimum atomic E-state index is -1.16. The number of ketones is 1. The number of rotatable bonds is 5. The van der Waals surface area contributed by atoms with Crippen molar-refractivity contribution in [3.8, 4) is 0 Å². The molecule has 0 bridgehead atoms. The van der Waals surface area contributed by atoms with Crippen LogP contribution >= 0.6 is 0 Å². The molecule has 0 saturated carbocycles. The minimum absolute atomic E-state index is 0.130. The number of carbonyl (C=O) groups excluding carboxylic acids is 2. The molecule has 1 aromatic heterocycles. The second-order valence-electron chi connectivity index (χ2n) is 7.00. The third kappa shape index (κ3) is 3.72. The van der Waals surface area contributed by atoms with Gasteiger partial charge in [-0.25, -0.2) is 4.79 Å². The molecular weight excluding hydrogens is 312 g/mol. The van der Waals surface area contributed by atoms with E-state index in [2.05, 4.69) is 10.3 Å². The molecule has 24 heavy (non-hydrogen) atoms. The molecule has 1 atom stereocenters. The van der Waals surface area contributed by atoms with Gasteiger partial charge in [-0.3, -0.25) is 14.4 Å². The number of carboxylic acid groups (broad SMARTS) is 1. The van der Waals surface area contributed by atoms with Crippen LogP contribution in [0.15, 0.2) is 10.9 Å². The molecule has 0 aromatic carbocycles. The maximum atomic E-state index is 12.3. The molecule has 1 heterocycles. The van der Waals surface area contributed by atoms with Gasteiger partial charge in [-0.2, -0.15) is 0 Å². The molecule has 0 saturated heterocycles. The predicted octanol–water partition coefficient (Wildman–Crippen LogP) is 1.51. The Bertz CT molecular complexity index is 748. The summed E-state index contributed by atoms with van der Waals surface area (Å²) in [5, 5.41) is 11.4. The van der Waals surface area contributed by atoms with E-state index in [-0.39, 0.29) is 23.2 Å². The van der Waals surface area contributed by atoms with Crippen LogP contribution < -0.4 is 10.9 Å². The second kappa shape index (κ2) is 6.59. The number of pyridine rings is 1. The standard InChI is InChI=1S/C17H22N2O5/c1-4-5-11(16(23)24)18-14(21)10-6-9-12(19-15(10)22)7-17(2,3)8-13(9)20/h6,11H,4-5,7-8H2,1-3H3,(H,18,21)(H,19,22)(H,23,24). The van der Waals surface area contributed by atoms with Crippen molar-refractivity contribution < 1.29 is 19.5 Å². The van der Waals surface area contributed by atoms with Gasteiger partial charge in [-0.15, -0.1) is 0 Å². The van der Waals surface area contributed by atoms with Crippen LogP contribution in [0.2, 0.25) is 0 Å². The number of fused-ring (bicyclic) bond motifs is 1. The van der Waals surface area contributed by atoms with Crippen LogP contribution in [0.5, 0.6) is 0 Å². The van der Waals surface area contributed by atoms with E-state index >= 15 is 0 Å². The fourth-order valence-corrected chi connectivity index (χ4v) is 2.98. The third-order valence-electron chi connectivity index (χ3n) is 4.14. The topological polar surface area (TPSA) is 116 Å². The van der Waals surface area contributed by atoms with Crippen molar-refractivity contribution in [3.63, 3.8) is 0 Å². The Morgan fingerprint density at radius 3 is 2.58 bits per heavy atom. The Kier molecular flexibility index (Phi) is 4.91. The molecular formula is C17H22N2O5. The molecule has 3 N–H and O–H groups in total. The average molecular weight is 334 g/mol. The van der Waals surface area contributed by atoms with Gasteiger partial charge in [-0.05, 0) is 24.3 Å². The maximum Gasteiger partial charge on any atom is 0.326 e. The summed E-state index contributed by atoms with van der Waals surface area (Å²) < 4.78 is 0. The van der Waals surface area contributed by atoms with Crippen molar-refractivity contribution in [2.24, 2.45) is 5.41 Å². The van der Waals surface area contributed by atoms with E-state index < -0.39 is 23.5 Å². The van der Waals surface area contributed by atoms with Crippen LogP contribution in [0.4, 0.5) is 0 Å². The van der Waals surface area contributed by atoms with E-state index in [0.29, 0.717) is 30.5 Å². The highest BCUT2D eigenvalue weighted by Gasteiger charge is 2.33. The number of H-pyrrole nitrogens is 1. The van der Waals surface area contributed by atoms with E-state index in [1.807, 2.05) is 13.8 Å². The van der Waals surface area contributed by atoms with E-state index in [0.717, 1.165) is 0 Å². The lowest BCUT2D eigenvalue weighted by Gasteiger charge is -2.29. The lowest BCUT2D eigenvalue weighted by molar-refractivity contribution is -0.139. The molecule has 7 nitrogen and oxygen atoms in total. The summed E-state index contributed by atoms with van der Waals surface area (Å²) in [6, 6.07) is 0.221. The number of amides is 1. The zero-order valence-electron chi connectivity index (χ0n) is 14.1. The van der Waals surface area contributed by atoms with Gasteiger partial charge in [0.25, 0.3) is 11.5 Å². The Hall–Kier alpha value is -2.44. The number of aliphatic carboxylic acids is 1. The van der Waals surface area contributed by atoms with Gasteiger partial charge in [0, 0.05) is 17.7 Å². The number of hydrogen-bond acceptors (Lipinski definition) is 4. The number of aromatic amines is 1. The van der Waals surface area contributed by atoms with E-state index in [9.17, 15) is 19.2 Å². The number of nitrogens with one attached hydrogen (secondary N) is 2. The van der Waals surface area contributed by atoms with Gasteiger partial charge in [0.1, 0.15) is 11.6 Å². The molecule has 2 rings (SSSR count). The van der Waals surface area contributed by atoms with Crippen molar-refractivity contribution >= 4 is 17.7 Å². The fraction of sp³-hybridized carbons (Fsp3) is 0.529. The van der Waals surface area contributed by atoms with E-state index in [1.165, 1.54) is 6.07 Å². The number of carboxylic acids is 1. The summed E-state index contributed by atoms with van der Waals surface area (Å²) in [5.41, 5.74) is -0.226. The Labute approximate surface area is 139 Å². The molecule has 1 aliphatic carbocycles. The first-order valence-electron chi connectivity index (χ1n) is 7.97. The Balaban J connectivity index is 2.34. The number of aromatic nitrogens is 1. The van der Waals surface area contributed by atoms with Crippen molar-refractivity contribution in [3.05, 3.63) is 33.2 Å². The molecule has 130 valence electrons. The normalized spacial score (nSPS) is 17.0. The fourth-order valence-electron chi connectivity index (χ4n) is 2.98. The largest absolute Gasteiger partial charge is 0.480 e. The SMILES string of the molecule is CCCC(NC(=O)c1cc2c([nH]c1=O)CC(C)(C)CC2=O)C(=O)O. The zero-order chi connectivity index (χ0) is 18.1. The van der Waals surface area contributed by atoms with E-state index in [1.54, 1.807) is 6.92 Å². The van der Waals surface area contributed by atoms with Crippen LogP contribution in [0, 0.1) is 5.41 Å². The van der Waals surface area contributed by atoms with Crippen molar-refractivity contribution in [1.29, 1.82) is 0 Å². The minimum Gasteiger partial charge on any atom is -0.480 e. The van der Waals surface area contributed by atoms with Crippen molar-refractivity contribution in [2.45, 2.75) is 52.5 Å². The van der Waals surface area contributed by atoms with Gasteiger partial charge in [0.05, 0.1) is 0 Å². The molecule has 0 radical (unpaired) electrons. The monoisotopic (exact) mass is 334 g/mol. The van der Waals surface area contributed by atoms with Gasteiger partial charge in [-0.1, -0.05) is 27.2 Å². The summed E-state index contributed by atoms with van der Waals surface area (Å²) in [6.45, 7) is 5.68. The second-order valence-corrected chi connectivity index (χ2v) is 7.00. The molecule has 1 amide bonds. The lowest BCUT2D eigenvalue weighted by Crippen LogP contribution is -2.43. The van der Waals surface area contributed by atoms with Gasteiger partial charge in [0.2, 0.25) is 0 Å². The summed E-state index contributed by atoms with van der Waals surface area (Å²) in [5.74, 6) is -2.06. The molecule has 0 spiro atoms. The first kappa shape index (κ1) is 17.9. The number of Topliss-reactive ketones (excluding diaryl/α,β-unsaturated/α-hetero) is 1. The Morgan fingerprint density at radius 1 is 1.33 bits per heavy atom. The quantitative estimate of drug-likeness (QED) is 0.755. The van der Waals surface area contributed by atoms with Crippen LogP contribution in [-0.4, -0.2) is 33.8 Å². The summed E-state index contributed by atoms with van der Waals surface area (Å²) in [4.78, 5) is 50.5. The Morgan fingerprint density at radius 2 is 2.00 bits per heavy atom. The van der Waals surface area contributed by atoms with Crippen LogP contribution in [0.25, 0.3) is 0 Å². The third-order valence-corrected chi connectivity index (χ3v) is 4.14. The molecule has 0 fully saturated rings. The molecule has 7 heteroatoms. The summed E-state index contributed by atoms with van der Waals surface area (Å²) >= 11 is 0. The van der Waals surface area contributed by atoms with Gasteiger partial charge >= 0.3 is 5.97 Å². The highest BCUT2D eigenvalue weighted by atomic mass is 16.4. The van der Waals surface area contributed by atoms with Crippen LogP contribution in [-0.2, 0) is 11.2 Å². The summed E-state index contributed by atoms with van der Waals surface area (Å²) in [6.07, 6.45) is 1.71. The smallest absolute Gasteiger partial charge is 0.326 e. The van der Waals surface area contributed by atoms with Gasteiger partial charge in [0.15, 0.2) is 5.78 Å². The number of hydrogen-bond donors (Lipinski definition) is 3. The van der Waals surface area contributed by atoms with Crippen molar-refractivity contribution in [1.82, 2.24) is 10.3 Å².